The lowest BCUT2D eigenvalue weighted by atomic mass is 9.86. The zero-order valence-corrected chi connectivity index (χ0v) is 18.7. The van der Waals surface area contributed by atoms with Gasteiger partial charge in [0.2, 0.25) is 5.91 Å². The van der Waals surface area contributed by atoms with E-state index in [1.165, 1.54) is 18.2 Å². The van der Waals surface area contributed by atoms with E-state index >= 15 is 0 Å². The van der Waals surface area contributed by atoms with Crippen molar-refractivity contribution in [2.24, 2.45) is 5.92 Å². The van der Waals surface area contributed by atoms with Crippen LogP contribution in [0.4, 0.5) is 0 Å². The first-order valence-corrected chi connectivity index (χ1v) is 11.6. The number of thioether (sulfide) groups is 1. The van der Waals surface area contributed by atoms with Crippen LogP contribution >= 0.6 is 11.8 Å². The van der Waals surface area contributed by atoms with E-state index < -0.39 is 0 Å². The number of hydrogen-bond donors (Lipinski definition) is 1. The van der Waals surface area contributed by atoms with Gasteiger partial charge in [-0.05, 0) is 55.2 Å². The van der Waals surface area contributed by atoms with Crippen molar-refractivity contribution >= 4 is 28.6 Å². The Morgan fingerprint density at radius 3 is 2.65 bits per heavy atom. The van der Waals surface area contributed by atoms with Crippen molar-refractivity contribution in [3.63, 3.8) is 0 Å². The molecule has 0 spiro atoms. The van der Waals surface area contributed by atoms with Gasteiger partial charge in [0.15, 0.2) is 5.16 Å². The highest BCUT2D eigenvalue weighted by atomic mass is 32.2. The second kappa shape index (κ2) is 9.56. The molecule has 3 aromatic rings. The summed E-state index contributed by atoms with van der Waals surface area (Å²) in [6.07, 6.45) is 4.58. The van der Waals surface area contributed by atoms with Gasteiger partial charge in [-0.3, -0.25) is 14.2 Å². The van der Waals surface area contributed by atoms with Crippen LogP contribution in [0.1, 0.15) is 32.6 Å². The standard InChI is InChI=1S/C24H27N3O3S/c1-16-7-3-5-9-20(16)25-22(28)15-31-24-26-21-10-6-4-8-19(21)23(29)27(24)17-11-13-18(30-2)14-12-17/h4,6,8,10-14,16,20H,3,5,7,9,15H2,1-2H3,(H,25,28). The largest absolute Gasteiger partial charge is 0.497 e. The van der Waals surface area contributed by atoms with Crippen molar-refractivity contribution < 1.29 is 9.53 Å². The van der Waals surface area contributed by atoms with E-state index in [1.807, 2.05) is 42.5 Å². The molecule has 2 unspecified atom stereocenters. The minimum atomic E-state index is -0.153. The van der Waals surface area contributed by atoms with E-state index in [9.17, 15) is 9.59 Å². The van der Waals surface area contributed by atoms with Crippen molar-refractivity contribution in [2.75, 3.05) is 12.9 Å². The Balaban J connectivity index is 1.62. The Bertz CT molecular complexity index is 1130. The highest BCUT2D eigenvalue weighted by Crippen LogP contribution is 2.25. The number of methoxy groups -OCH3 is 1. The summed E-state index contributed by atoms with van der Waals surface area (Å²) >= 11 is 1.29. The molecule has 0 saturated heterocycles. The van der Waals surface area contributed by atoms with E-state index in [-0.39, 0.29) is 23.3 Å². The first kappa shape index (κ1) is 21.4. The molecule has 2 atom stereocenters. The molecule has 6 nitrogen and oxygen atoms in total. The maximum absolute atomic E-state index is 13.3. The summed E-state index contributed by atoms with van der Waals surface area (Å²) in [6, 6.07) is 14.8. The van der Waals surface area contributed by atoms with Gasteiger partial charge in [-0.25, -0.2) is 4.98 Å². The van der Waals surface area contributed by atoms with Gasteiger partial charge in [0.1, 0.15) is 5.75 Å². The zero-order valence-electron chi connectivity index (χ0n) is 17.8. The third-order valence-electron chi connectivity index (χ3n) is 5.87. The maximum atomic E-state index is 13.3. The number of benzene rings is 2. The molecule has 31 heavy (non-hydrogen) atoms. The smallest absolute Gasteiger partial charge is 0.266 e. The van der Waals surface area contributed by atoms with E-state index in [4.69, 9.17) is 9.72 Å². The van der Waals surface area contributed by atoms with Crippen LogP contribution in [0.5, 0.6) is 5.75 Å². The topological polar surface area (TPSA) is 73.2 Å². The average molecular weight is 438 g/mol. The van der Waals surface area contributed by atoms with Crippen LogP contribution < -0.4 is 15.6 Å². The van der Waals surface area contributed by atoms with Crippen LogP contribution in [0.3, 0.4) is 0 Å². The lowest BCUT2D eigenvalue weighted by Gasteiger charge is -2.29. The summed E-state index contributed by atoms with van der Waals surface area (Å²) in [4.78, 5) is 30.6. The molecular formula is C24H27N3O3S. The molecule has 1 aliphatic carbocycles. The molecule has 1 amide bonds. The molecule has 1 saturated carbocycles. The SMILES string of the molecule is COc1ccc(-n2c(SCC(=O)NC3CCCCC3C)nc3ccccc3c2=O)cc1. The third-order valence-corrected chi connectivity index (χ3v) is 6.80. The van der Waals surface area contributed by atoms with Crippen molar-refractivity contribution in [1.82, 2.24) is 14.9 Å². The monoisotopic (exact) mass is 437 g/mol. The van der Waals surface area contributed by atoms with Crippen molar-refractivity contribution in [1.29, 1.82) is 0 Å². The van der Waals surface area contributed by atoms with E-state index in [2.05, 4.69) is 12.2 Å². The molecule has 162 valence electrons. The molecule has 4 rings (SSSR count). The van der Waals surface area contributed by atoms with Crippen LogP contribution in [-0.4, -0.2) is 34.4 Å². The second-order valence-electron chi connectivity index (χ2n) is 7.97. The first-order valence-electron chi connectivity index (χ1n) is 10.6. The lowest BCUT2D eigenvalue weighted by molar-refractivity contribution is -0.119. The molecule has 1 fully saturated rings. The van der Waals surface area contributed by atoms with E-state index in [1.54, 1.807) is 17.7 Å². The van der Waals surface area contributed by atoms with Crippen molar-refractivity contribution in [3.05, 3.63) is 58.9 Å². The van der Waals surface area contributed by atoms with Gasteiger partial charge >= 0.3 is 0 Å². The summed E-state index contributed by atoms with van der Waals surface area (Å²) in [7, 11) is 1.60. The summed E-state index contributed by atoms with van der Waals surface area (Å²) in [6.45, 7) is 2.20. The Labute approximate surface area is 186 Å². The van der Waals surface area contributed by atoms with Gasteiger partial charge in [-0.2, -0.15) is 0 Å². The number of ether oxygens (including phenoxy) is 1. The predicted molar refractivity (Wildman–Crippen MR) is 124 cm³/mol. The molecule has 0 bridgehead atoms. The van der Waals surface area contributed by atoms with Gasteiger partial charge in [-0.15, -0.1) is 0 Å². The summed E-state index contributed by atoms with van der Waals surface area (Å²) in [5, 5.41) is 4.22. The molecule has 0 aliphatic heterocycles. The minimum Gasteiger partial charge on any atom is -0.497 e. The van der Waals surface area contributed by atoms with Gasteiger partial charge in [-0.1, -0.05) is 43.7 Å². The number of para-hydroxylation sites is 1. The van der Waals surface area contributed by atoms with Crippen LogP contribution in [0, 0.1) is 5.92 Å². The Morgan fingerprint density at radius 2 is 1.90 bits per heavy atom. The van der Waals surface area contributed by atoms with Crippen LogP contribution in [0.25, 0.3) is 16.6 Å². The number of aromatic nitrogens is 2. The van der Waals surface area contributed by atoms with Gasteiger partial charge < -0.3 is 10.1 Å². The molecule has 2 aromatic carbocycles. The Kier molecular flexibility index (Phi) is 6.61. The average Bonchev–Trinajstić information content (AvgIpc) is 2.79. The van der Waals surface area contributed by atoms with Crippen LogP contribution in [0.15, 0.2) is 58.5 Å². The number of fused-ring (bicyclic) bond motifs is 1. The number of rotatable bonds is 6. The van der Waals surface area contributed by atoms with Crippen molar-refractivity contribution in [3.8, 4) is 11.4 Å². The molecule has 7 heteroatoms. The number of carbonyl (C=O) groups is 1. The molecule has 1 heterocycles. The highest BCUT2D eigenvalue weighted by Gasteiger charge is 2.23. The fourth-order valence-electron chi connectivity index (χ4n) is 4.08. The fourth-order valence-corrected chi connectivity index (χ4v) is 4.90. The molecule has 1 aromatic heterocycles. The summed E-state index contributed by atoms with van der Waals surface area (Å²) < 4.78 is 6.81. The molecular weight excluding hydrogens is 410 g/mol. The number of nitrogens with one attached hydrogen (secondary N) is 1. The molecule has 1 aliphatic rings. The third kappa shape index (κ3) is 4.77. The number of nitrogens with zero attached hydrogens (tertiary/aromatic N) is 2. The quantitative estimate of drug-likeness (QED) is 0.463. The summed E-state index contributed by atoms with van der Waals surface area (Å²) in [5.41, 5.74) is 1.16. The second-order valence-corrected chi connectivity index (χ2v) is 8.92. The number of carbonyl (C=O) groups excluding carboxylic acids is 1. The minimum absolute atomic E-state index is 0.0209. The van der Waals surface area contributed by atoms with Crippen LogP contribution in [-0.2, 0) is 4.79 Å². The van der Waals surface area contributed by atoms with Gasteiger partial charge in [0.05, 0.1) is 29.5 Å². The number of amides is 1. The Morgan fingerprint density at radius 1 is 1.16 bits per heavy atom. The number of hydrogen-bond acceptors (Lipinski definition) is 5. The normalized spacial score (nSPS) is 18.6. The first-order chi connectivity index (χ1) is 15.1. The van der Waals surface area contributed by atoms with Gasteiger partial charge in [0, 0.05) is 6.04 Å². The highest BCUT2D eigenvalue weighted by molar-refractivity contribution is 7.99. The fraction of sp³-hybridized carbons (Fsp3) is 0.375. The molecule has 0 radical (unpaired) electrons. The lowest BCUT2D eigenvalue weighted by Crippen LogP contribution is -2.41. The predicted octanol–water partition coefficient (Wildman–Crippen LogP) is 4.18. The van der Waals surface area contributed by atoms with Crippen molar-refractivity contribution in [2.45, 2.75) is 43.8 Å². The summed E-state index contributed by atoms with van der Waals surface area (Å²) in [5.74, 6) is 1.40. The van der Waals surface area contributed by atoms with E-state index in [0.29, 0.717) is 33.4 Å². The Hall–Kier alpha value is -2.80. The van der Waals surface area contributed by atoms with Gasteiger partial charge in [0.25, 0.3) is 5.56 Å². The van der Waals surface area contributed by atoms with E-state index in [0.717, 1.165) is 19.3 Å². The maximum Gasteiger partial charge on any atom is 0.266 e. The van der Waals surface area contributed by atoms with Crippen LogP contribution in [0.2, 0.25) is 0 Å². The zero-order chi connectivity index (χ0) is 21.8. The molecule has 1 N–H and O–H groups in total.